The van der Waals surface area contributed by atoms with Crippen molar-refractivity contribution in [1.82, 2.24) is 20.1 Å². The Hall–Kier alpha value is -3.33. The number of hydrogen-bond donors (Lipinski definition) is 1. The summed E-state index contributed by atoms with van der Waals surface area (Å²) < 4.78 is 11.6. The van der Waals surface area contributed by atoms with E-state index >= 15 is 0 Å². The van der Waals surface area contributed by atoms with Crippen LogP contribution in [0.2, 0.25) is 10.0 Å². The first kappa shape index (κ1) is 26.7. The maximum Gasteiger partial charge on any atom is 0.257 e. The molecule has 10 heteroatoms. The van der Waals surface area contributed by atoms with Gasteiger partial charge in [0.25, 0.3) is 5.91 Å². The van der Waals surface area contributed by atoms with Crippen LogP contribution in [-0.4, -0.2) is 72.5 Å². The molecule has 0 saturated carbocycles. The molecule has 0 unspecified atom stereocenters. The summed E-state index contributed by atoms with van der Waals surface area (Å²) in [5.74, 6) is 0.434. The molecule has 2 heterocycles. The van der Waals surface area contributed by atoms with Crippen molar-refractivity contribution in [3.8, 4) is 17.4 Å². The van der Waals surface area contributed by atoms with Gasteiger partial charge in [-0.05, 0) is 49.5 Å². The van der Waals surface area contributed by atoms with Gasteiger partial charge >= 0.3 is 0 Å². The Morgan fingerprint density at radius 3 is 2.51 bits per heavy atom. The van der Waals surface area contributed by atoms with Crippen LogP contribution in [0.15, 0.2) is 66.9 Å². The fraction of sp³-hybridized carbons (Fsp3) is 0.296. The van der Waals surface area contributed by atoms with Gasteiger partial charge in [0.1, 0.15) is 23.1 Å². The van der Waals surface area contributed by atoms with Gasteiger partial charge < -0.3 is 24.6 Å². The number of amides is 2. The van der Waals surface area contributed by atoms with E-state index in [2.05, 4.69) is 15.2 Å². The van der Waals surface area contributed by atoms with Gasteiger partial charge in [0.2, 0.25) is 11.8 Å². The lowest BCUT2D eigenvalue weighted by atomic mass is 10.1. The molecule has 1 fully saturated rings. The van der Waals surface area contributed by atoms with Crippen LogP contribution in [-0.2, 0) is 4.79 Å². The van der Waals surface area contributed by atoms with Crippen molar-refractivity contribution in [2.45, 2.75) is 12.5 Å². The predicted molar refractivity (Wildman–Crippen MR) is 143 cm³/mol. The molecule has 0 radical (unpaired) electrons. The van der Waals surface area contributed by atoms with Gasteiger partial charge in [0.15, 0.2) is 0 Å². The van der Waals surface area contributed by atoms with E-state index < -0.39 is 11.9 Å². The van der Waals surface area contributed by atoms with Crippen LogP contribution in [0.5, 0.6) is 17.4 Å². The third-order valence-corrected chi connectivity index (χ3v) is 6.48. The van der Waals surface area contributed by atoms with Crippen molar-refractivity contribution >= 4 is 35.0 Å². The first-order chi connectivity index (χ1) is 17.9. The van der Waals surface area contributed by atoms with E-state index in [0.717, 1.165) is 13.1 Å². The molecule has 1 aromatic heterocycles. The lowest BCUT2D eigenvalue weighted by Crippen LogP contribution is -2.54. The number of nitrogens with one attached hydrogen (secondary N) is 1. The Labute approximate surface area is 226 Å². The summed E-state index contributed by atoms with van der Waals surface area (Å²) in [6.45, 7) is 2.99. The quantitative estimate of drug-likeness (QED) is 0.427. The standard InChI is InChI=1S/C27H28Cl2N4O4/c1-32-13-15-33(16-14-32)27(35)23(11-17-36-20-6-3-2-4-7-20)31-25(34)21-8-5-12-30-26(21)37-24-10-9-19(28)18-22(24)29/h2-10,12,18,23H,11,13-17H2,1H3,(H,31,34)/t23-/m1/s1. The summed E-state index contributed by atoms with van der Waals surface area (Å²) in [7, 11) is 2.02. The molecule has 1 atom stereocenters. The van der Waals surface area contributed by atoms with Crippen molar-refractivity contribution in [3.05, 3.63) is 82.5 Å². The molecule has 1 N–H and O–H groups in total. The number of hydrogen-bond acceptors (Lipinski definition) is 6. The number of halogens is 2. The number of likely N-dealkylation sites (N-methyl/N-ethyl adjacent to an activating group) is 1. The molecule has 1 aliphatic rings. The Bertz CT molecular complexity index is 1220. The summed E-state index contributed by atoms with van der Waals surface area (Å²) in [5, 5.41) is 3.62. The summed E-state index contributed by atoms with van der Waals surface area (Å²) >= 11 is 12.2. The summed E-state index contributed by atoms with van der Waals surface area (Å²) in [6, 6.07) is 16.5. The van der Waals surface area contributed by atoms with Crippen LogP contribution in [0.4, 0.5) is 0 Å². The summed E-state index contributed by atoms with van der Waals surface area (Å²) in [5.41, 5.74) is 0.175. The van der Waals surface area contributed by atoms with E-state index in [0.29, 0.717) is 36.0 Å². The van der Waals surface area contributed by atoms with Gasteiger partial charge in [-0.15, -0.1) is 0 Å². The molecule has 8 nitrogen and oxygen atoms in total. The first-order valence-corrected chi connectivity index (χ1v) is 12.7. The molecule has 0 aliphatic carbocycles. The number of aromatic nitrogens is 1. The SMILES string of the molecule is CN1CCN(C(=O)[C@@H](CCOc2ccccc2)NC(=O)c2cccnc2Oc2ccc(Cl)cc2Cl)CC1. The molecule has 37 heavy (non-hydrogen) atoms. The van der Waals surface area contributed by atoms with E-state index in [9.17, 15) is 9.59 Å². The lowest BCUT2D eigenvalue weighted by molar-refractivity contribution is -0.135. The largest absolute Gasteiger partial charge is 0.494 e. The van der Waals surface area contributed by atoms with Crippen LogP contribution < -0.4 is 14.8 Å². The third kappa shape index (κ3) is 7.35. The second-order valence-corrected chi connectivity index (χ2v) is 9.48. The smallest absolute Gasteiger partial charge is 0.257 e. The molecule has 2 amide bonds. The van der Waals surface area contributed by atoms with E-state index in [1.807, 2.05) is 37.4 Å². The average molecular weight is 543 g/mol. The van der Waals surface area contributed by atoms with Gasteiger partial charge in [0.05, 0.1) is 11.6 Å². The second kappa shape index (κ2) is 12.8. The van der Waals surface area contributed by atoms with E-state index in [-0.39, 0.29) is 29.0 Å². The molecule has 1 saturated heterocycles. The number of piperazine rings is 1. The zero-order chi connectivity index (χ0) is 26.2. The minimum absolute atomic E-state index is 0.0653. The van der Waals surface area contributed by atoms with Crippen LogP contribution in [0, 0.1) is 0 Å². The Morgan fingerprint density at radius 1 is 1.03 bits per heavy atom. The number of benzene rings is 2. The Balaban J connectivity index is 1.49. The maximum atomic E-state index is 13.4. The summed E-state index contributed by atoms with van der Waals surface area (Å²) in [6.07, 6.45) is 1.81. The van der Waals surface area contributed by atoms with E-state index in [4.69, 9.17) is 32.7 Å². The number of nitrogens with zero attached hydrogens (tertiary/aromatic N) is 3. The van der Waals surface area contributed by atoms with Crippen molar-refractivity contribution < 1.29 is 19.1 Å². The highest BCUT2D eigenvalue weighted by Crippen LogP contribution is 2.32. The zero-order valence-electron chi connectivity index (χ0n) is 20.4. The fourth-order valence-corrected chi connectivity index (χ4v) is 4.31. The van der Waals surface area contributed by atoms with Gasteiger partial charge in [0, 0.05) is 43.8 Å². The first-order valence-electron chi connectivity index (χ1n) is 11.9. The van der Waals surface area contributed by atoms with Crippen LogP contribution >= 0.6 is 23.2 Å². The normalized spacial score (nSPS) is 14.6. The highest BCUT2D eigenvalue weighted by atomic mass is 35.5. The van der Waals surface area contributed by atoms with Crippen molar-refractivity contribution in [2.75, 3.05) is 39.8 Å². The molecular formula is C27H28Cl2N4O4. The number of carbonyl (C=O) groups excluding carboxylic acids is 2. The Kier molecular flexibility index (Phi) is 9.22. The third-order valence-electron chi connectivity index (χ3n) is 5.95. The molecule has 194 valence electrons. The average Bonchev–Trinajstić information content (AvgIpc) is 2.90. The minimum atomic E-state index is -0.785. The molecule has 0 spiro atoms. The van der Waals surface area contributed by atoms with Crippen LogP contribution in [0.25, 0.3) is 0 Å². The fourth-order valence-electron chi connectivity index (χ4n) is 3.86. The van der Waals surface area contributed by atoms with Gasteiger partial charge in [-0.1, -0.05) is 41.4 Å². The van der Waals surface area contributed by atoms with Crippen molar-refractivity contribution in [2.24, 2.45) is 0 Å². The second-order valence-electron chi connectivity index (χ2n) is 8.64. The monoisotopic (exact) mass is 542 g/mol. The van der Waals surface area contributed by atoms with Gasteiger partial charge in [-0.2, -0.15) is 0 Å². The number of rotatable bonds is 9. The van der Waals surface area contributed by atoms with Crippen LogP contribution in [0.3, 0.4) is 0 Å². The van der Waals surface area contributed by atoms with Crippen molar-refractivity contribution in [1.29, 1.82) is 0 Å². The highest BCUT2D eigenvalue weighted by molar-refractivity contribution is 6.35. The zero-order valence-corrected chi connectivity index (χ0v) is 21.9. The summed E-state index contributed by atoms with van der Waals surface area (Å²) in [4.78, 5) is 35.0. The molecule has 2 aromatic carbocycles. The minimum Gasteiger partial charge on any atom is -0.494 e. The number of carbonyl (C=O) groups is 2. The van der Waals surface area contributed by atoms with E-state index in [1.54, 1.807) is 35.2 Å². The molecule has 0 bridgehead atoms. The Morgan fingerprint density at radius 2 is 1.78 bits per heavy atom. The van der Waals surface area contributed by atoms with Crippen molar-refractivity contribution in [3.63, 3.8) is 0 Å². The number of ether oxygens (including phenoxy) is 2. The number of para-hydroxylation sites is 1. The molecule has 3 aromatic rings. The molecule has 4 rings (SSSR count). The lowest BCUT2D eigenvalue weighted by Gasteiger charge is -2.34. The predicted octanol–water partition coefficient (Wildman–Crippen LogP) is 4.52. The molecule has 1 aliphatic heterocycles. The van der Waals surface area contributed by atoms with Crippen LogP contribution in [0.1, 0.15) is 16.8 Å². The number of pyridine rings is 1. The maximum absolute atomic E-state index is 13.4. The highest BCUT2D eigenvalue weighted by Gasteiger charge is 2.29. The topological polar surface area (TPSA) is 84.0 Å². The van der Waals surface area contributed by atoms with Gasteiger partial charge in [-0.3, -0.25) is 9.59 Å². The van der Waals surface area contributed by atoms with Gasteiger partial charge in [-0.25, -0.2) is 4.98 Å². The van der Waals surface area contributed by atoms with E-state index in [1.165, 1.54) is 6.20 Å². The molecular weight excluding hydrogens is 515 g/mol.